The molecular formula is C18H25BrN2O2. The van der Waals surface area contributed by atoms with Crippen LogP contribution in [0.4, 0.5) is 0 Å². The van der Waals surface area contributed by atoms with E-state index in [4.69, 9.17) is 0 Å². The Morgan fingerprint density at radius 3 is 2.78 bits per heavy atom. The van der Waals surface area contributed by atoms with Crippen LogP contribution < -0.4 is 10.6 Å². The minimum Gasteiger partial charge on any atom is -0.392 e. The molecule has 1 aromatic rings. The Kier molecular flexibility index (Phi) is 5.39. The smallest absolute Gasteiger partial charge is 0.237 e. The lowest BCUT2D eigenvalue weighted by molar-refractivity contribution is -0.123. The predicted octanol–water partition coefficient (Wildman–Crippen LogP) is 2.49. The molecule has 2 aliphatic rings. The lowest BCUT2D eigenvalue weighted by Gasteiger charge is -2.38. The van der Waals surface area contributed by atoms with Crippen LogP contribution in [0.3, 0.4) is 0 Å². The normalized spacial score (nSPS) is 26.9. The highest BCUT2D eigenvalue weighted by Crippen LogP contribution is 2.39. The van der Waals surface area contributed by atoms with Crippen LogP contribution in [0, 0.1) is 0 Å². The van der Waals surface area contributed by atoms with Crippen LogP contribution >= 0.6 is 15.9 Å². The topological polar surface area (TPSA) is 61.4 Å². The van der Waals surface area contributed by atoms with Gasteiger partial charge in [-0.3, -0.25) is 4.79 Å². The van der Waals surface area contributed by atoms with Crippen molar-refractivity contribution >= 4 is 21.8 Å². The van der Waals surface area contributed by atoms with Gasteiger partial charge in [-0.25, -0.2) is 0 Å². The van der Waals surface area contributed by atoms with Gasteiger partial charge in [0.15, 0.2) is 0 Å². The summed E-state index contributed by atoms with van der Waals surface area (Å²) >= 11 is 3.57. The van der Waals surface area contributed by atoms with E-state index in [-0.39, 0.29) is 17.4 Å². The van der Waals surface area contributed by atoms with E-state index in [1.807, 2.05) is 6.07 Å². The minimum atomic E-state index is -0.403. The summed E-state index contributed by atoms with van der Waals surface area (Å²) in [6, 6.07) is 8.23. The summed E-state index contributed by atoms with van der Waals surface area (Å²) in [5, 5.41) is 15.8. The van der Waals surface area contributed by atoms with Crippen molar-refractivity contribution in [3.63, 3.8) is 0 Å². The fraction of sp³-hybridized carbons (Fsp3) is 0.611. The van der Waals surface area contributed by atoms with Gasteiger partial charge in [-0.1, -0.05) is 47.3 Å². The van der Waals surface area contributed by atoms with Crippen LogP contribution in [-0.2, 0) is 10.2 Å². The zero-order chi connectivity index (χ0) is 16.3. The molecule has 0 spiro atoms. The van der Waals surface area contributed by atoms with Crippen LogP contribution in [-0.4, -0.2) is 36.2 Å². The van der Waals surface area contributed by atoms with Crippen molar-refractivity contribution < 1.29 is 9.90 Å². The first kappa shape index (κ1) is 16.9. The third kappa shape index (κ3) is 3.95. The molecule has 2 unspecified atom stereocenters. The number of carbonyl (C=O) groups excluding carboxylic acids is 1. The van der Waals surface area contributed by atoms with E-state index >= 15 is 0 Å². The summed E-state index contributed by atoms with van der Waals surface area (Å²) in [6.45, 7) is 1.19. The molecule has 1 aliphatic carbocycles. The number of hydrogen-bond acceptors (Lipinski definition) is 3. The van der Waals surface area contributed by atoms with Gasteiger partial charge in [0.05, 0.1) is 12.1 Å². The second kappa shape index (κ2) is 7.32. The summed E-state index contributed by atoms with van der Waals surface area (Å²) in [7, 11) is 0. The number of nitrogens with one attached hydrogen (secondary N) is 2. The second-order valence-electron chi connectivity index (χ2n) is 6.92. The number of hydrogen-bond donors (Lipinski definition) is 3. The number of aliphatic hydroxyl groups is 1. The molecule has 0 aromatic heterocycles. The Hall–Kier alpha value is -0.910. The van der Waals surface area contributed by atoms with Crippen molar-refractivity contribution in [1.29, 1.82) is 0 Å². The minimum absolute atomic E-state index is 0.0153. The standard InChI is InChI=1S/C18H25BrN2O2/c19-14-6-4-5-13(9-14)18(7-2-1-3-8-18)12-21-17(23)16-10-15(22)11-20-16/h4-6,9,15-16,20,22H,1-3,7-8,10-12H2,(H,21,23). The number of benzene rings is 1. The third-order valence-electron chi connectivity index (χ3n) is 5.27. The summed E-state index contributed by atoms with van der Waals surface area (Å²) in [4.78, 5) is 12.4. The molecule has 1 saturated heterocycles. The molecule has 1 heterocycles. The molecule has 1 saturated carbocycles. The number of amides is 1. The van der Waals surface area contributed by atoms with Crippen molar-refractivity contribution in [3.05, 3.63) is 34.3 Å². The van der Waals surface area contributed by atoms with Gasteiger partial charge in [0, 0.05) is 23.0 Å². The SMILES string of the molecule is O=C(NCC1(c2cccc(Br)c2)CCCCC1)C1CC(O)CN1. The maximum atomic E-state index is 12.4. The van der Waals surface area contributed by atoms with Gasteiger partial charge >= 0.3 is 0 Å². The fourth-order valence-corrected chi connectivity index (χ4v) is 4.31. The van der Waals surface area contributed by atoms with Crippen molar-refractivity contribution in [2.24, 2.45) is 0 Å². The first-order chi connectivity index (χ1) is 11.1. The van der Waals surface area contributed by atoms with E-state index in [0.717, 1.165) is 17.3 Å². The summed E-state index contributed by atoms with van der Waals surface area (Å²) < 4.78 is 1.09. The second-order valence-corrected chi connectivity index (χ2v) is 7.84. The zero-order valence-corrected chi connectivity index (χ0v) is 14.9. The molecule has 4 nitrogen and oxygen atoms in total. The Morgan fingerprint density at radius 2 is 2.13 bits per heavy atom. The van der Waals surface area contributed by atoms with Crippen LogP contribution in [0.25, 0.3) is 0 Å². The number of halogens is 1. The van der Waals surface area contributed by atoms with E-state index in [1.54, 1.807) is 0 Å². The molecule has 126 valence electrons. The van der Waals surface area contributed by atoms with Crippen molar-refractivity contribution in [1.82, 2.24) is 10.6 Å². The molecular weight excluding hydrogens is 356 g/mol. The quantitative estimate of drug-likeness (QED) is 0.751. The Morgan fingerprint density at radius 1 is 1.35 bits per heavy atom. The number of rotatable bonds is 4. The maximum Gasteiger partial charge on any atom is 0.237 e. The van der Waals surface area contributed by atoms with Gasteiger partial charge in [0.25, 0.3) is 0 Å². The van der Waals surface area contributed by atoms with Crippen LogP contribution in [0.1, 0.15) is 44.1 Å². The molecule has 0 radical (unpaired) electrons. The fourth-order valence-electron chi connectivity index (χ4n) is 3.91. The van der Waals surface area contributed by atoms with Crippen molar-refractivity contribution in [3.8, 4) is 0 Å². The molecule has 3 N–H and O–H groups in total. The average molecular weight is 381 g/mol. The maximum absolute atomic E-state index is 12.4. The van der Waals surface area contributed by atoms with Gasteiger partial charge in [-0.2, -0.15) is 0 Å². The molecule has 1 amide bonds. The first-order valence-corrected chi connectivity index (χ1v) is 9.34. The number of aliphatic hydroxyl groups excluding tert-OH is 1. The van der Waals surface area contributed by atoms with Gasteiger partial charge in [-0.15, -0.1) is 0 Å². The largest absolute Gasteiger partial charge is 0.392 e. The number of β-amino-alcohol motifs (C(OH)–C–C–N with tert-alkyl or cyclic N) is 1. The third-order valence-corrected chi connectivity index (χ3v) is 5.77. The Bertz CT molecular complexity index is 558. The van der Waals surface area contributed by atoms with E-state index in [0.29, 0.717) is 19.5 Å². The molecule has 0 bridgehead atoms. The van der Waals surface area contributed by atoms with E-state index < -0.39 is 6.10 Å². The Labute approximate surface area is 146 Å². The summed E-state index contributed by atoms with van der Waals surface area (Å²) in [5.41, 5.74) is 1.35. The molecule has 2 atom stereocenters. The van der Waals surface area contributed by atoms with E-state index in [1.165, 1.54) is 24.8 Å². The van der Waals surface area contributed by atoms with Crippen LogP contribution in [0.5, 0.6) is 0 Å². The first-order valence-electron chi connectivity index (χ1n) is 8.54. The van der Waals surface area contributed by atoms with Crippen molar-refractivity contribution in [2.75, 3.05) is 13.1 Å². The van der Waals surface area contributed by atoms with Crippen molar-refractivity contribution in [2.45, 2.75) is 56.1 Å². The lowest BCUT2D eigenvalue weighted by atomic mass is 9.69. The lowest BCUT2D eigenvalue weighted by Crippen LogP contribution is -2.47. The molecule has 2 fully saturated rings. The predicted molar refractivity (Wildman–Crippen MR) is 94.3 cm³/mol. The highest BCUT2D eigenvalue weighted by atomic mass is 79.9. The van der Waals surface area contributed by atoms with E-state index in [2.05, 4.69) is 44.8 Å². The van der Waals surface area contributed by atoms with Gasteiger partial charge in [0.2, 0.25) is 5.91 Å². The van der Waals surface area contributed by atoms with Crippen LogP contribution in [0.15, 0.2) is 28.7 Å². The average Bonchev–Trinajstić information content (AvgIpc) is 3.00. The van der Waals surface area contributed by atoms with Crippen LogP contribution in [0.2, 0.25) is 0 Å². The molecule has 3 rings (SSSR count). The monoisotopic (exact) mass is 380 g/mol. The number of carbonyl (C=O) groups is 1. The summed E-state index contributed by atoms with van der Waals surface area (Å²) in [5.74, 6) is 0.0153. The molecule has 1 aromatic carbocycles. The summed E-state index contributed by atoms with van der Waals surface area (Å²) in [6.07, 6.45) is 6.04. The highest BCUT2D eigenvalue weighted by Gasteiger charge is 2.36. The molecule has 23 heavy (non-hydrogen) atoms. The molecule has 1 aliphatic heterocycles. The zero-order valence-electron chi connectivity index (χ0n) is 13.4. The molecule has 5 heteroatoms. The van der Waals surface area contributed by atoms with E-state index in [9.17, 15) is 9.90 Å². The van der Waals surface area contributed by atoms with Gasteiger partial charge in [-0.05, 0) is 37.0 Å². The highest BCUT2D eigenvalue weighted by molar-refractivity contribution is 9.10. The van der Waals surface area contributed by atoms with Gasteiger partial charge in [0.1, 0.15) is 0 Å². The Balaban J connectivity index is 1.71. The van der Waals surface area contributed by atoms with Gasteiger partial charge < -0.3 is 15.7 Å².